The maximum atomic E-state index is 11.5. The molecule has 1 amide bonds. The zero-order valence-corrected chi connectivity index (χ0v) is 13.1. The normalized spacial score (nSPS) is 16.2. The van der Waals surface area contributed by atoms with Gasteiger partial charge < -0.3 is 15.5 Å². The molecule has 1 saturated heterocycles. The first-order chi connectivity index (χ1) is 10.3. The SMILES string of the molecule is CCCNCc1c(N2CCNC(=O)CC2)nc2sccn12. The van der Waals surface area contributed by atoms with Crippen LogP contribution < -0.4 is 15.5 Å². The van der Waals surface area contributed by atoms with Gasteiger partial charge in [0.2, 0.25) is 5.91 Å². The van der Waals surface area contributed by atoms with E-state index in [1.165, 1.54) is 5.69 Å². The molecule has 2 aromatic heterocycles. The number of hydrogen-bond donors (Lipinski definition) is 2. The van der Waals surface area contributed by atoms with Crippen LogP contribution in [0.4, 0.5) is 5.82 Å². The van der Waals surface area contributed by atoms with Crippen molar-refractivity contribution in [3.05, 3.63) is 17.3 Å². The highest BCUT2D eigenvalue weighted by Gasteiger charge is 2.21. The number of carbonyl (C=O) groups is 1. The fraction of sp³-hybridized carbons (Fsp3) is 0.571. The van der Waals surface area contributed by atoms with Crippen molar-refractivity contribution in [3.63, 3.8) is 0 Å². The molecule has 2 N–H and O–H groups in total. The maximum Gasteiger partial charge on any atom is 0.221 e. The van der Waals surface area contributed by atoms with Crippen LogP contribution in [0.1, 0.15) is 25.5 Å². The number of fused-ring (bicyclic) bond motifs is 1. The summed E-state index contributed by atoms with van der Waals surface area (Å²) in [6, 6.07) is 0. The van der Waals surface area contributed by atoms with Crippen molar-refractivity contribution in [1.82, 2.24) is 20.0 Å². The van der Waals surface area contributed by atoms with Gasteiger partial charge in [0.25, 0.3) is 0 Å². The Kier molecular flexibility index (Phi) is 4.40. The van der Waals surface area contributed by atoms with Crippen LogP contribution in [0.2, 0.25) is 0 Å². The summed E-state index contributed by atoms with van der Waals surface area (Å²) in [4.78, 5) is 19.5. The summed E-state index contributed by atoms with van der Waals surface area (Å²) in [5, 5.41) is 8.43. The Labute approximate surface area is 128 Å². The average molecular weight is 307 g/mol. The summed E-state index contributed by atoms with van der Waals surface area (Å²) in [7, 11) is 0. The van der Waals surface area contributed by atoms with Crippen LogP contribution in [0, 0.1) is 0 Å². The van der Waals surface area contributed by atoms with Crippen LogP contribution in [-0.2, 0) is 11.3 Å². The number of aromatic nitrogens is 2. The number of carbonyl (C=O) groups excluding carboxylic acids is 1. The Morgan fingerprint density at radius 2 is 2.38 bits per heavy atom. The fourth-order valence-corrected chi connectivity index (χ4v) is 3.33. The first-order valence-electron chi connectivity index (χ1n) is 7.46. The lowest BCUT2D eigenvalue weighted by Gasteiger charge is -2.20. The van der Waals surface area contributed by atoms with E-state index in [-0.39, 0.29) is 5.91 Å². The zero-order valence-electron chi connectivity index (χ0n) is 12.3. The lowest BCUT2D eigenvalue weighted by molar-refractivity contribution is -0.120. The van der Waals surface area contributed by atoms with Crippen molar-refractivity contribution < 1.29 is 4.79 Å². The smallest absolute Gasteiger partial charge is 0.221 e. The maximum absolute atomic E-state index is 11.5. The Morgan fingerprint density at radius 1 is 1.48 bits per heavy atom. The molecule has 1 fully saturated rings. The van der Waals surface area contributed by atoms with Gasteiger partial charge in [-0.3, -0.25) is 9.20 Å². The lowest BCUT2D eigenvalue weighted by atomic mass is 10.3. The molecular formula is C14H21N5OS. The fourth-order valence-electron chi connectivity index (χ4n) is 2.60. The summed E-state index contributed by atoms with van der Waals surface area (Å²) in [5.74, 6) is 1.14. The van der Waals surface area contributed by atoms with Gasteiger partial charge in [0, 0.05) is 44.2 Å². The second-order valence-corrected chi connectivity index (χ2v) is 6.07. The van der Waals surface area contributed by atoms with Crippen LogP contribution in [-0.4, -0.2) is 41.5 Å². The third kappa shape index (κ3) is 3.03. The third-order valence-corrected chi connectivity index (χ3v) is 4.43. The molecule has 0 aliphatic carbocycles. The number of imidazole rings is 1. The number of anilines is 1. The van der Waals surface area contributed by atoms with E-state index in [1.807, 2.05) is 0 Å². The second kappa shape index (κ2) is 6.44. The molecule has 0 bridgehead atoms. The molecule has 6 nitrogen and oxygen atoms in total. The predicted molar refractivity (Wildman–Crippen MR) is 84.9 cm³/mol. The third-order valence-electron chi connectivity index (χ3n) is 3.67. The lowest BCUT2D eigenvalue weighted by Crippen LogP contribution is -2.30. The highest BCUT2D eigenvalue weighted by atomic mass is 32.1. The summed E-state index contributed by atoms with van der Waals surface area (Å²) in [6.45, 7) is 6.20. The molecule has 3 rings (SSSR count). The van der Waals surface area contributed by atoms with Gasteiger partial charge in [-0.05, 0) is 13.0 Å². The number of nitrogens with one attached hydrogen (secondary N) is 2. The molecule has 21 heavy (non-hydrogen) atoms. The minimum absolute atomic E-state index is 0.129. The molecule has 0 saturated carbocycles. The first kappa shape index (κ1) is 14.3. The Balaban J connectivity index is 1.87. The molecule has 0 unspecified atom stereocenters. The van der Waals surface area contributed by atoms with Crippen molar-refractivity contribution in [2.75, 3.05) is 31.1 Å². The van der Waals surface area contributed by atoms with Crippen LogP contribution in [0.25, 0.3) is 4.96 Å². The molecule has 0 radical (unpaired) electrons. The average Bonchev–Trinajstić information content (AvgIpc) is 2.98. The largest absolute Gasteiger partial charge is 0.354 e. The van der Waals surface area contributed by atoms with Gasteiger partial charge in [0.1, 0.15) is 0 Å². The van der Waals surface area contributed by atoms with Crippen LogP contribution in [0.3, 0.4) is 0 Å². The van der Waals surface area contributed by atoms with E-state index in [1.54, 1.807) is 11.3 Å². The molecular weight excluding hydrogens is 286 g/mol. The molecule has 0 atom stereocenters. The number of nitrogens with zero attached hydrogens (tertiary/aromatic N) is 3. The summed E-state index contributed by atoms with van der Waals surface area (Å²) >= 11 is 1.65. The van der Waals surface area contributed by atoms with E-state index in [2.05, 4.69) is 38.4 Å². The quantitative estimate of drug-likeness (QED) is 0.816. The number of hydrogen-bond acceptors (Lipinski definition) is 5. The minimum atomic E-state index is 0.129. The van der Waals surface area contributed by atoms with Gasteiger partial charge in [0.05, 0.1) is 5.69 Å². The summed E-state index contributed by atoms with van der Waals surface area (Å²) in [6.07, 6.45) is 3.72. The molecule has 0 aromatic carbocycles. The standard InChI is InChI=1S/C14H21N5OS/c1-2-4-15-10-11-13(17-14-19(11)8-9-21-14)18-6-3-12(20)16-5-7-18/h8-9,15H,2-7,10H2,1H3,(H,16,20). The van der Waals surface area contributed by atoms with E-state index in [4.69, 9.17) is 4.98 Å². The monoisotopic (exact) mass is 307 g/mol. The molecule has 0 spiro atoms. The number of thiazole rings is 1. The van der Waals surface area contributed by atoms with Crippen molar-refractivity contribution in [2.45, 2.75) is 26.3 Å². The van der Waals surface area contributed by atoms with E-state index < -0.39 is 0 Å². The zero-order chi connectivity index (χ0) is 14.7. The van der Waals surface area contributed by atoms with Gasteiger partial charge in [0.15, 0.2) is 10.8 Å². The van der Waals surface area contributed by atoms with Crippen molar-refractivity contribution in [2.24, 2.45) is 0 Å². The Hall–Kier alpha value is -1.60. The number of rotatable bonds is 5. The van der Waals surface area contributed by atoms with E-state index in [0.717, 1.165) is 43.4 Å². The minimum Gasteiger partial charge on any atom is -0.354 e. The van der Waals surface area contributed by atoms with Crippen molar-refractivity contribution in [1.29, 1.82) is 0 Å². The highest BCUT2D eigenvalue weighted by molar-refractivity contribution is 7.15. The molecule has 3 heterocycles. The molecule has 1 aliphatic heterocycles. The van der Waals surface area contributed by atoms with Crippen LogP contribution >= 0.6 is 11.3 Å². The Morgan fingerprint density at radius 3 is 3.24 bits per heavy atom. The predicted octanol–water partition coefficient (Wildman–Crippen LogP) is 1.22. The molecule has 7 heteroatoms. The molecule has 1 aliphatic rings. The Bertz CT molecular complexity index is 620. The van der Waals surface area contributed by atoms with Gasteiger partial charge in [-0.2, -0.15) is 0 Å². The van der Waals surface area contributed by atoms with E-state index in [0.29, 0.717) is 13.0 Å². The highest BCUT2D eigenvalue weighted by Crippen LogP contribution is 2.25. The van der Waals surface area contributed by atoms with Crippen LogP contribution in [0.15, 0.2) is 11.6 Å². The van der Waals surface area contributed by atoms with Gasteiger partial charge in [-0.1, -0.05) is 6.92 Å². The van der Waals surface area contributed by atoms with E-state index in [9.17, 15) is 4.79 Å². The molecule has 114 valence electrons. The van der Waals surface area contributed by atoms with Crippen LogP contribution in [0.5, 0.6) is 0 Å². The topological polar surface area (TPSA) is 61.7 Å². The van der Waals surface area contributed by atoms with E-state index >= 15 is 0 Å². The summed E-state index contributed by atoms with van der Waals surface area (Å²) < 4.78 is 2.16. The van der Waals surface area contributed by atoms with Gasteiger partial charge >= 0.3 is 0 Å². The van der Waals surface area contributed by atoms with Crippen molar-refractivity contribution >= 4 is 28.0 Å². The second-order valence-electron chi connectivity index (χ2n) is 5.20. The first-order valence-corrected chi connectivity index (χ1v) is 8.34. The summed E-state index contributed by atoms with van der Waals surface area (Å²) in [5.41, 5.74) is 1.19. The van der Waals surface area contributed by atoms with Crippen molar-refractivity contribution in [3.8, 4) is 0 Å². The number of amides is 1. The van der Waals surface area contributed by atoms with Gasteiger partial charge in [-0.25, -0.2) is 4.98 Å². The molecule has 2 aromatic rings. The van der Waals surface area contributed by atoms with Gasteiger partial charge in [-0.15, -0.1) is 11.3 Å².